The first-order valence-corrected chi connectivity index (χ1v) is 8.60. The SMILES string of the molecule is Cc1sc(CNCC(C)C)cc1COCCOC(C)(C)C. The highest BCUT2D eigenvalue weighted by Crippen LogP contribution is 2.22. The maximum atomic E-state index is 5.71. The van der Waals surface area contributed by atoms with Crippen molar-refractivity contribution in [3.63, 3.8) is 0 Å². The van der Waals surface area contributed by atoms with Gasteiger partial charge in [0.05, 0.1) is 25.4 Å². The monoisotopic (exact) mass is 313 g/mol. The molecule has 0 aliphatic carbocycles. The van der Waals surface area contributed by atoms with Crippen molar-refractivity contribution in [3.8, 4) is 0 Å². The van der Waals surface area contributed by atoms with Gasteiger partial charge < -0.3 is 14.8 Å². The Kier molecular flexibility index (Phi) is 7.88. The zero-order valence-electron chi connectivity index (χ0n) is 14.4. The third kappa shape index (κ3) is 8.57. The molecule has 0 aromatic carbocycles. The molecule has 0 aliphatic heterocycles. The number of hydrogen-bond acceptors (Lipinski definition) is 4. The van der Waals surface area contributed by atoms with Crippen LogP contribution in [0.4, 0.5) is 0 Å². The van der Waals surface area contributed by atoms with Gasteiger partial charge in [0.25, 0.3) is 0 Å². The van der Waals surface area contributed by atoms with Crippen molar-refractivity contribution in [1.29, 1.82) is 0 Å². The molecule has 1 rings (SSSR count). The molecule has 0 radical (unpaired) electrons. The Morgan fingerprint density at radius 1 is 1.24 bits per heavy atom. The molecule has 0 atom stereocenters. The van der Waals surface area contributed by atoms with Gasteiger partial charge >= 0.3 is 0 Å². The molecule has 0 fully saturated rings. The summed E-state index contributed by atoms with van der Waals surface area (Å²) in [4.78, 5) is 2.74. The average molecular weight is 314 g/mol. The molecule has 21 heavy (non-hydrogen) atoms. The van der Waals surface area contributed by atoms with Crippen LogP contribution in [0.25, 0.3) is 0 Å². The lowest BCUT2D eigenvalue weighted by atomic mass is 10.2. The van der Waals surface area contributed by atoms with Crippen LogP contribution in [-0.2, 0) is 22.6 Å². The third-order valence-electron chi connectivity index (χ3n) is 2.94. The number of rotatable bonds is 9. The normalized spacial score (nSPS) is 12.3. The fourth-order valence-corrected chi connectivity index (χ4v) is 2.91. The molecule has 0 saturated carbocycles. The minimum absolute atomic E-state index is 0.0864. The molecule has 3 nitrogen and oxygen atoms in total. The van der Waals surface area contributed by atoms with Gasteiger partial charge in [-0.25, -0.2) is 0 Å². The number of hydrogen-bond donors (Lipinski definition) is 1. The van der Waals surface area contributed by atoms with Crippen LogP contribution in [0.5, 0.6) is 0 Å². The van der Waals surface area contributed by atoms with E-state index in [9.17, 15) is 0 Å². The van der Waals surface area contributed by atoms with Crippen LogP contribution >= 0.6 is 11.3 Å². The zero-order valence-corrected chi connectivity index (χ0v) is 15.2. The van der Waals surface area contributed by atoms with E-state index in [2.05, 4.69) is 52.9 Å². The molecule has 0 saturated heterocycles. The third-order valence-corrected chi connectivity index (χ3v) is 4.04. The Bertz CT molecular complexity index is 407. The predicted octanol–water partition coefficient (Wildman–Crippen LogP) is 4.13. The highest BCUT2D eigenvalue weighted by molar-refractivity contribution is 7.12. The minimum atomic E-state index is -0.0864. The molecular weight excluding hydrogens is 282 g/mol. The summed E-state index contributed by atoms with van der Waals surface area (Å²) in [6.45, 7) is 16.8. The van der Waals surface area contributed by atoms with E-state index in [-0.39, 0.29) is 5.60 Å². The van der Waals surface area contributed by atoms with Gasteiger partial charge in [0.1, 0.15) is 0 Å². The molecule has 122 valence electrons. The standard InChI is InChI=1S/C17H31NO2S/c1-13(2)10-18-11-16-9-15(14(3)21-16)12-19-7-8-20-17(4,5)6/h9,13,18H,7-8,10-12H2,1-6H3. The van der Waals surface area contributed by atoms with Crippen molar-refractivity contribution >= 4 is 11.3 Å². The second-order valence-electron chi connectivity index (χ2n) is 6.83. The van der Waals surface area contributed by atoms with Crippen LogP contribution in [0, 0.1) is 12.8 Å². The van der Waals surface area contributed by atoms with E-state index in [0.29, 0.717) is 25.7 Å². The van der Waals surface area contributed by atoms with Crippen LogP contribution in [0.1, 0.15) is 49.9 Å². The van der Waals surface area contributed by atoms with E-state index in [4.69, 9.17) is 9.47 Å². The summed E-state index contributed by atoms with van der Waals surface area (Å²) in [5, 5.41) is 3.48. The molecule has 1 aromatic rings. The van der Waals surface area contributed by atoms with E-state index in [1.165, 1.54) is 15.3 Å². The van der Waals surface area contributed by atoms with Crippen LogP contribution in [-0.4, -0.2) is 25.4 Å². The first-order valence-electron chi connectivity index (χ1n) is 7.78. The van der Waals surface area contributed by atoms with Crippen molar-refractivity contribution in [3.05, 3.63) is 21.4 Å². The van der Waals surface area contributed by atoms with Gasteiger partial charge in [0.15, 0.2) is 0 Å². The van der Waals surface area contributed by atoms with Gasteiger partial charge in [0.2, 0.25) is 0 Å². The van der Waals surface area contributed by atoms with E-state index < -0.39 is 0 Å². The number of ether oxygens (including phenoxy) is 2. The summed E-state index contributed by atoms with van der Waals surface area (Å²) < 4.78 is 11.4. The second-order valence-corrected chi connectivity index (χ2v) is 8.17. The summed E-state index contributed by atoms with van der Waals surface area (Å²) in [6, 6.07) is 2.26. The Labute approximate surface area is 134 Å². The lowest BCUT2D eigenvalue weighted by Gasteiger charge is -2.19. The Hall–Kier alpha value is -0.420. The van der Waals surface area contributed by atoms with Crippen LogP contribution < -0.4 is 5.32 Å². The van der Waals surface area contributed by atoms with Crippen molar-refractivity contribution in [2.45, 2.75) is 60.3 Å². The summed E-state index contributed by atoms with van der Waals surface area (Å²) in [6.07, 6.45) is 0. The maximum absolute atomic E-state index is 5.71. The Morgan fingerprint density at radius 3 is 2.57 bits per heavy atom. The fourth-order valence-electron chi connectivity index (χ4n) is 1.89. The summed E-state index contributed by atoms with van der Waals surface area (Å²) in [7, 11) is 0. The molecular formula is C17H31NO2S. The summed E-state index contributed by atoms with van der Waals surface area (Å²) in [5.41, 5.74) is 1.22. The topological polar surface area (TPSA) is 30.5 Å². The van der Waals surface area contributed by atoms with Gasteiger partial charge in [-0.15, -0.1) is 11.3 Å². The van der Waals surface area contributed by atoms with E-state index >= 15 is 0 Å². The molecule has 4 heteroatoms. The van der Waals surface area contributed by atoms with Gasteiger partial charge in [-0.1, -0.05) is 13.8 Å². The predicted molar refractivity (Wildman–Crippen MR) is 91.0 cm³/mol. The largest absolute Gasteiger partial charge is 0.374 e. The average Bonchev–Trinajstić information content (AvgIpc) is 2.68. The molecule has 0 bridgehead atoms. The maximum Gasteiger partial charge on any atom is 0.0728 e. The highest BCUT2D eigenvalue weighted by Gasteiger charge is 2.10. The molecule has 0 amide bonds. The fraction of sp³-hybridized carbons (Fsp3) is 0.765. The van der Waals surface area contributed by atoms with Crippen molar-refractivity contribution in [1.82, 2.24) is 5.32 Å². The van der Waals surface area contributed by atoms with Crippen molar-refractivity contribution in [2.75, 3.05) is 19.8 Å². The number of nitrogens with one attached hydrogen (secondary N) is 1. The summed E-state index contributed by atoms with van der Waals surface area (Å²) >= 11 is 1.86. The van der Waals surface area contributed by atoms with Crippen LogP contribution in [0.2, 0.25) is 0 Å². The first-order chi connectivity index (χ1) is 9.78. The molecule has 1 N–H and O–H groups in total. The van der Waals surface area contributed by atoms with Gasteiger partial charge in [-0.3, -0.25) is 0 Å². The van der Waals surface area contributed by atoms with E-state index in [1.807, 2.05) is 11.3 Å². The lowest BCUT2D eigenvalue weighted by molar-refractivity contribution is -0.0377. The number of thiophene rings is 1. The zero-order chi connectivity index (χ0) is 15.9. The first kappa shape index (κ1) is 18.6. The molecule has 1 aromatic heterocycles. The smallest absolute Gasteiger partial charge is 0.0728 e. The lowest BCUT2D eigenvalue weighted by Crippen LogP contribution is -2.21. The van der Waals surface area contributed by atoms with E-state index in [0.717, 1.165) is 13.1 Å². The quantitative estimate of drug-likeness (QED) is 0.695. The molecule has 0 unspecified atom stereocenters. The molecule has 0 spiro atoms. The summed E-state index contributed by atoms with van der Waals surface area (Å²) in [5.74, 6) is 0.691. The second kappa shape index (κ2) is 8.89. The molecule has 1 heterocycles. The minimum Gasteiger partial charge on any atom is -0.374 e. The van der Waals surface area contributed by atoms with Gasteiger partial charge in [-0.05, 0) is 51.8 Å². The molecule has 0 aliphatic rings. The van der Waals surface area contributed by atoms with E-state index in [1.54, 1.807) is 0 Å². The van der Waals surface area contributed by atoms with Gasteiger partial charge in [0, 0.05) is 16.3 Å². The Balaban J connectivity index is 2.27. The Morgan fingerprint density at radius 2 is 1.95 bits per heavy atom. The van der Waals surface area contributed by atoms with Crippen LogP contribution in [0.3, 0.4) is 0 Å². The van der Waals surface area contributed by atoms with Crippen LogP contribution in [0.15, 0.2) is 6.07 Å². The van der Waals surface area contributed by atoms with Crippen molar-refractivity contribution in [2.24, 2.45) is 5.92 Å². The van der Waals surface area contributed by atoms with Gasteiger partial charge in [-0.2, -0.15) is 0 Å². The highest BCUT2D eigenvalue weighted by atomic mass is 32.1. The van der Waals surface area contributed by atoms with Crippen molar-refractivity contribution < 1.29 is 9.47 Å². The number of aryl methyl sites for hydroxylation is 1.